The van der Waals surface area contributed by atoms with E-state index in [0.717, 1.165) is 6.42 Å². The molecular weight excluding hydrogens is 615 g/mol. The van der Waals surface area contributed by atoms with Crippen LogP contribution in [0.25, 0.3) is 0 Å². The second-order valence-corrected chi connectivity index (χ2v) is 17.7. The first kappa shape index (κ1) is 38.0. The second-order valence-electron chi connectivity index (χ2n) is 13.0. The van der Waals surface area contributed by atoms with Gasteiger partial charge in [0.25, 0.3) is 0 Å². The molecule has 0 saturated carbocycles. The molecule has 0 fully saturated rings. The molecule has 3 aromatic rings. The van der Waals surface area contributed by atoms with Gasteiger partial charge in [0.05, 0.1) is 0 Å². The van der Waals surface area contributed by atoms with Crippen molar-refractivity contribution in [2.24, 2.45) is 5.41 Å². The van der Waals surface area contributed by atoms with Crippen molar-refractivity contribution in [1.29, 1.82) is 0 Å². The zero-order chi connectivity index (χ0) is 27.8. The van der Waals surface area contributed by atoms with Gasteiger partial charge in [0, 0.05) is 0 Å². The van der Waals surface area contributed by atoms with Crippen molar-refractivity contribution >= 4 is 23.6 Å². The maximum Gasteiger partial charge on any atom is -1.00 e. The van der Waals surface area contributed by atoms with E-state index in [1.54, 1.807) is 10.8 Å². The van der Waals surface area contributed by atoms with Crippen molar-refractivity contribution in [3.05, 3.63) is 110 Å². The molecule has 1 aliphatic carbocycles. The summed E-state index contributed by atoms with van der Waals surface area (Å²) in [7, 11) is -2.61. The first-order valence-corrected chi connectivity index (χ1v) is 17.1. The van der Waals surface area contributed by atoms with Crippen LogP contribution in [0.1, 0.15) is 103 Å². The molecule has 4 rings (SSSR count). The number of halogens is 3. The fourth-order valence-electron chi connectivity index (χ4n) is 6.18. The van der Waals surface area contributed by atoms with Crippen LogP contribution < -0.4 is 52.8 Å². The molecule has 0 nitrogen and oxygen atoms in total. The van der Waals surface area contributed by atoms with Gasteiger partial charge in [-0.25, -0.2) is 0 Å². The molecule has 0 radical (unpaired) electrons. The van der Waals surface area contributed by atoms with E-state index in [1.165, 1.54) is 36.1 Å². The number of benzene rings is 3. The first-order chi connectivity index (χ1) is 17.9. The van der Waals surface area contributed by atoms with Crippen LogP contribution in [0.5, 0.6) is 0 Å². The van der Waals surface area contributed by atoms with Crippen molar-refractivity contribution in [1.82, 2.24) is 0 Å². The standard InChI is InChI=1S/C36H45Si.3ClH.Ti/c1-25(2)28-14-10-17-31(22-28)37(32-18-11-15-29(23-32)26(3)4,33-19-12-16-30(24-33)27(5)6)35-21-13-20-34(35)36(7,8)9;;;;/h10-19,22-27H,21H2,1-9H3;3*1H;/q;;;;+3/p-3. The number of hydrogen-bond acceptors (Lipinski definition) is 0. The van der Waals surface area contributed by atoms with E-state index in [9.17, 15) is 0 Å². The zero-order valence-electron chi connectivity index (χ0n) is 26.1. The molecule has 0 unspecified atom stereocenters. The third kappa shape index (κ3) is 7.54. The van der Waals surface area contributed by atoms with E-state index in [2.05, 4.69) is 162 Å². The van der Waals surface area contributed by atoms with Crippen LogP contribution in [-0.2, 0) is 20.4 Å². The van der Waals surface area contributed by atoms with Crippen LogP contribution in [0.15, 0.2) is 93.5 Å². The van der Waals surface area contributed by atoms with E-state index in [-0.39, 0.29) is 42.6 Å². The van der Waals surface area contributed by atoms with Gasteiger partial charge in [0.1, 0.15) is 0 Å². The molecule has 0 heterocycles. The smallest absolute Gasteiger partial charge is 1.00 e. The van der Waals surface area contributed by atoms with Crippen LogP contribution in [0.3, 0.4) is 0 Å². The monoisotopic (exact) mass is 658 g/mol. The fourth-order valence-corrected chi connectivity index (χ4v) is 12.9. The topological polar surface area (TPSA) is 0 Å². The molecular formula is C36H45Cl3SiTi. The summed E-state index contributed by atoms with van der Waals surface area (Å²) in [6.45, 7) is 21.1. The molecule has 218 valence electrons. The predicted molar refractivity (Wildman–Crippen MR) is 165 cm³/mol. The number of allylic oxidation sites excluding steroid dienone is 4. The first-order valence-electron chi connectivity index (χ1n) is 14.3. The largest absolute Gasteiger partial charge is 1.00 e. The SMILES string of the molecule is CC(C)c1cccc([Si](C2=C(C(C)(C)C)[C]([Ti+3])=CC2)(c2cccc(C(C)C)c2)c2cccc(C(C)C)c2)c1.[Cl-].[Cl-].[Cl-]. The summed E-state index contributed by atoms with van der Waals surface area (Å²) < 4.78 is 1.46. The summed E-state index contributed by atoms with van der Waals surface area (Å²) in [6, 6.07) is 28.9. The Labute approximate surface area is 281 Å². The minimum Gasteiger partial charge on any atom is -1.00 e. The molecule has 0 amide bonds. The Morgan fingerprint density at radius 1 is 0.610 bits per heavy atom. The van der Waals surface area contributed by atoms with Gasteiger partial charge in [-0.05, 0) is 0 Å². The van der Waals surface area contributed by atoms with Crippen molar-refractivity contribution < 1.29 is 57.7 Å². The van der Waals surface area contributed by atoms with Crippen LogP contribution in [0.2, 0.25) is 0 Å². The van der Waals surface area contributed by atoms with E-state index < -0.39 is 8.07 Å². The van der Waals surface area contributed by atoms with Gasteiger partial charge >= 0.3 is 246 Å². The van der Waals surface area contributed by atoms with Crippen LogP contribution in [0.4, 0.5) is 0 Å². The average molecular weight is 660 g/mol. The minimum atomic E-state index is -2.61. The van der Waals surface area contributed by atoms with Crippen molar-refractivity contribution in [2.45, 2.75) is 86.5 Å². The Hall–Kier alpha value is -1.06. The number of rotatable bonds is 7. The maximum absolute atomic E-state index is 2.61. The van der Waals surface area contributed by atoms with Gasteiger partial charge in [0.2, 0.25) is 0 Å². The molecule has 0 saturated heterocycles. The summed E-state index contributed by atoms with van der Waals surface area (Å²) in [6.07, 6.45) is 3.54. The molecule has 0 atom stereocenters. The Morgan fingerprint density at radius 3 is 1.24 bits per heavy atom. The Morgan fingerprint density at radius 2 is 0.951 bits per heavy atom. The molecule has 0 aliphatic heterocycles. The molecule has 0 N–H and O–H groups in total. The molecule has 3 aromatic carbocycles. The molecule has 41 heavy (non-hydrogen) atoms. The van der Waals surface area contributed by atoms with Crippen LogP contribution >= 0.6 is 0 Å². The van der Waals surface area contributed by atoms with Gasteiger partial charge in [-0.1, -0.05) is 0 Å². The summed E-state index contributed by atoms with van der Waals surface area (Å²) in [5.41, 5.74) is 5.94. The Balaban J connectivity index is 0.00000280. The average Bonchev–Trinajstić information content (AvgIpc) is 3.27. The van der Waals surface area contributed by atoms with Crippen molar-refractivity contribution in [2.75, 3.05) is 0 Å². The minimum absolute atomic E-state index is 0. The molecule has 0 aromatic heterocycles. The van der Waals surface area contributed by atoms with Crippen LogP contribution in [0, 0.1) is 5.41 Å². The van der Waals surface area contributed by atoms with E-state index >= 15 is 0 Å². The van der Waals surface area contributed by atoms with Gasteiger partial charge in [-0.15, -0.1) is 0 Å². The third-order valence-electron chi connectivity index (χ3n) is 8.24. The second kappa shape index (κ2) is 15.1. The molecule has 0 bridgehead atoms. The van der Waals surface area contributed by atoms with Gasteiger partial charge in [-0.3, -0.25) is 0 Å². The maximum atomic E-state index is 2.56. The van der Waals surface area contributed by atoms with Crippen molar-refractivity contribution in [3.63, 3.8) is 0 Å². The normalized spacial score (nSPS) is 13.7. The Bertz CT molecular complexity index is 1250. The van der Waals surface area contributed by atoms with Gasteiger partial charge in [0.15, 0.2) is 0 Å². The van der Waals surface area contributed by atoms with Gasteiger partial charge < -0.3 is 37.2 Å². The summed E-state index contributed by atoms with van der Waals surface area (Å²) >= 11 is 2.34. The van der Waals surface area contributed by atoms with Crippen molar-refractivity contribution in [3.8, 4) is 0 Å². The molecule has 5 heteroatoms. The number of hydrogen-bond donors (Lipinski definition) is 0. The quantitative estimate of drug-likeness (QED) is 0.232. The molecule has 1 aliphatic rings. The van der Waals surface area contributed by atoms with Gasteiger partial charge in [-0.2, -0.15) is 0 Å². The molecule has 0 spiro atoms. The predicted octanol–water partition coefficient (Wildman–Crippen LogP) is -0.745. The summed E-state index contributed by atoms with van der Waals surface area (Å²) in [5.74, 6) is 1.47. The zero-order valence-corrected chi connectivity index (χ0v) is 30.9. The fraction of sp³-hybridized carbons (Fsp3) is 0.389. The summed E-state index contributed by atoms with van der Waals surface area (Å²) in [5, 5.41) is 6.23. The third-order valence-corrected chi connectivity index (χ3v) is 13.8. The Kier molecular flexibility index (Phi) is 14.0. The van der Waals surface area contributed by atoms with E-state index in [1.807, 2.05) is 0 Å². The van der Waals surface area contributed by atoms with E-state index in [0.29, 0.717) is 17.8 Å². The van der Waals surface area contributed by atoms with Crippen LogP contribution in [-0.4, -0.2) is 8.07 Å². The summed E-state index contributed by atoms with van der Waals surface area (Å²) in [4.78, 5) is 0. The van der Waals surface area contributed by atoms with E-state index in [4.69, 9.17) is 0 Å².